The Hall–Kier alpha value is -1.88. The van der Waals surface area contributed by atoms with Crippen molar-refractivity contribution in [3.05, 3.63) is 41.7 Å². The molecule has 0 radical (unpaired) electrons. The zero-order chi connectivity index (χ0) is 12.7. The Bertz CT molecular complexity index is 417. The third kappa shape index (κ3) is 4.65. The lowest BCUT2D eigenvalue weighted by atomic mass is 10.3. The second-order valence-electron chi connectivity index (χ2n) is 3.04. The van der Waals surface area contributed by atoms with Gasteiger partial charge in [0.05, 0.1) is 5.56 Å². The first-order valence-electron chi connectivity index (χ1n) is 4.79. The number of pyridine rings is 1. The topological polar surface area (TPSA) is 68.3 Å². The predicted molar refractivity (Wildman–Crippen MR) is 62.7 cm³/mol. The Kier molecular flexibility index (Phi) is 5.16. The molecule has 0 aromatic carbocycles. The van der Waals surface area contributed by atoms with Crippen molar-refractivity contribution >= 4 is 23.5 Å². The summed E-state index contributed by atoms with van der Waals surface area (Å²) in [5.74, 6) is -1.01. The van der Waals surface area contributed by atoms with Gasteiger partial charge in [-0.25, -0.2) is 9.78 Å². The summed E-state index contributed by atoms with van der Waals surface area (Å²) in [7, 11) is 0. The van der Waals surface area contributed by atoms with E-state index in [1.807, 2.05) is 0 Å². The lowest BCUT2D eigenvalue weighted by Crippen LogP contribution is -2.28. The highest BCUT2D eigenvalue weighted by molar-refractivity contribution is 6.29. The van der Waals surface area contributed by atoms with E-state index in [-0.39, 0.29) is 23.2 Å². The molecule has 0 aliphatic carbocycles. The lowest BCUT2D eigenvalue weighted by molar-refractivity contribution is -0.124. The third-order valence-corrected chi connectivity index (χ3v) is 1.96. The molecule has 1 aromatic heterocycles. The minimum absolute atomic E-state index is 0.242. The van der Waals surface area contributed by atoms with Gasteiger partial charge in [0.25, 0.3) is 5.91 Å². The summed E-state index contributed by atoms with van der Waals surface area (Å²) in [6, 6.07) is 2.94. The van der Waals surface area contributed by atoms with Gasteiger partial charge in [-0.1, -0.05) is 17.7 Å². The van der Waals surface area contributed by atoms with Crippen molar-refractivity contribution in [1.82, 2.24) is 10.3 Å². The SMILES string of the molecule is C=CCNC(=O)COC(=O)c1ccc(Cl)nc1. The molecule has 1 aromatic rings. The number of rotatable bonds is 5. The molecule has 1 rings (SSSR count). The maximum Gasteiger partial charge on any atom is 0.340 e. The first kappa shape index (κ1) is 13.2. The van der Waals surface area contributed by atoms with Gasteiger partial charge in [0, 0.05) is 12.7 Å². The average molecular weight is 255 g/mol. The molecule has 0 bridgehead atoms. The number of carbonyl (C=O) groups excluding carboxylic acids is 2. The number of esters is 1. The van der Waals surface area contributed by atoms with E-state index in [1.165, 1.54) is 24.4 Å². The molecule has 90 valence electrons. The Morgan fingerprint density at radius 1 is 1.53 bits per heavy atom. The van der Waals surface area contributed by atoms with Crippen molar-refractivity contribution < 1.29 is 14.3 Å². The molecule has 1 heterocycles. The molecule has 6 heteroatoms. The van der Waals surface area contributed by atoms with E-state index in [2.05, 4.69) is 16.9 Å². The number of carbonyl (C=O) groups is 2. The van der Waals surface area contributed by atoms with Gasteiger partial charge in [-0.05, 0) is 12.1 Å². The Morgan fingerprint density at radius 3 is 2.88 bits per heavy atom. The van der Waals surface area contributed by atoms with E-state index < -0.39 is 5.97 Å². The average Bonchev–Trinajstić information content (AvgIpc) is 2.34. The summed E-state index contributed by atoms with van der Waals surface area (Å²) < 4.78 is 4.76. The van der Waals surface area contributed by atoms with Crippen molar-refractivity contribution in [3.8, 4) is 0 Å². The van der Waals surface area contributed by atoms with Gasteiger partial charge >= 0.3 is 5.97 Å². The van der Waals surface area contributed by atoms with Crippen LogP contribution in [0.15, 0.2) is 31.0 Å². The highest BCUT2D eigenvalue weighted by Gasteiger charge is 2.09. The first-order chi connectivity index (χ1) is 8.13. The zero-order valence-corrected chi connectivity index (χ0v) is 9.74. The summed E-state index contributed by atoms with van der Waals surface area (Å²) in [4.78, 5) is 26.3. The van der Waals surface area contributed by atoms with Gasteiger partial charge in [-0.3, -0.25) is 4.79 Å². The molecule has 0 spiro atoms. The third-order valence-electron chi connectivity index (χ3n) is 1.74. The summed E-state index contributed by atoms with van der Waals surface area (Å²) in [6.07, 6.45) is 2.81. The molecule has 0 fully saturated rings. The van der Waals surface area contributed by atoms with E-state index in [0.29, 0.717) is 6.54 Å². The van der Waals surface area contributed by atoms with E-state index in [9.17, 15) is 9.59 Å². The zero-order valence-electron chi connectivity index (χ0n) is 8.98. The number of hydrogen-bond donors (Lipinski definition) is 1. The van der Waals surface area contributed by atoms with Crippen molar-refractivity contribution in [2.45, 2.75) is 0 Å². The molecule has 17 heavy (non-hydrogen) atoms. The Balaban J connectivity index is 2.42. The molecule has 1 amide bonds. The fourth-order valence-corrected chi connectivity index (χ4v) is 1.06. The molecule has 5 nitrogen and oxygen atoms in total. The normalized spacial score (nSPS) is 9.47. The second kappa shape index (κ2) is 6.65. The largest absolute Gasteiger partial charge is 0.452 e. The first-order valence-corrected chi connectivity index (χ1v) is 5.17. The van der Waals surface area contributed by atoms with Gasteiger partial charge in [-0.2, -0.15) is 0 Å². The van der Waals surface area contributed by atoms with Crippen LogP contribution in [-0.4, -0.2) is 30.0 Å². The van der Waals surface area contributed by atoms with Crippen molar-refractivity contribution in [3.63, 3.8) is 0 Å². The van der Waals surface area contributed by atoms with Gasteiger partial charge in [0.15, 0.2) is 6.61 Å². The monoisotopic (exact) mass is 254 g/mol. The molecule has 1 N–H and O–H groups in total. The summed E-state index contributed by atoms with van der Waals surface area (Å²) in [6.45, 7) is 3.43. The minimum atomic E-state index is -0.622. The fraction of sp³-hybridized carbons (Fsp3) is 0.182. The molecule has 0 saturated heterocycles. The number of amides is 1. The quantitative estimate of drug-likeness (QED) is 0.487. The van der Waals surface area contributed by atoms with Crippen LogP contribution in [0, 0.1) is 0 Å². The number of ether oxygens (including phenoxy) is 1. The molecule has 0 saturated carbocycles. The van der Waals surface area contributed by atoms with E-state index in [4.69, 9.17) is 16.3 Å². The van der Waals surface area contributed by atoms with Crippen LogP contribution >= 0.6 is 11.6 Å². The van der Waals surface area contributed by atoms with Gasteiger partial charge in [0.1, 0.15) is 5.15 Å². The van der Waals surface area contributed by atoms with Crippen LogP contribution in [-0.2, 0) is 9.53 Å². The summed E-state index contributed by atoms with van der Waals surface area (Å²) in [5, 5.41) is 2.76. The number of halogens is 1. The van der Waals surface area contributed by atoms with E-state index in [0.717, 1.165) is 0 Å². The van der Waals surface area contributed by atoms with Gasteiger partial charge < -0.3 is 10.1 Å². The number of hydrogen-bond acceptors (Lipinski definition) is 4. The van der Waals surface area contributed by atoms with Crippen molar-refractivity contribution in [2.75, 3.05) is 13.2 Å². The van der Waals surface area contributed by atoms with E-state index >= 15 is 0 Å². The summed E-state index contributed by atoms with van der Waals surface area (Å²) in [5.41, 5.74) is 0.242. The van der Waals surface area contributed by atoms with Crippen LogP contribution in [0.5, 0.6) is 0 Å². The van der Waals surface area contributed by atoms with Crippen LogP contribution in [0.2, 0.25) is 5.15 Å². The lowest BCUT2D eigenvalue weighted by Gasteiger charge is -2.04. The fourth-order valence-electron chi connectivity index (χ4n) is 0.948. The van der Waals surface area contributed by atoms with Crippen molar-refractivity contribution in [2.24, 2.45) is 0 Å². The van der Waals surface area contributed by atoms with Crippen LogP contribution in [0.1, 0.15) is 10.4 Å². The molecule has 0 aliphatic heterocycles. The predicted octanol–water partition coefficient (Wildman–Crippen LogP) is 1.19. The van der Waals surface area contributed by atoms with Crippen LogP contribution in [0.25, 0.3) is 0 Å². The number of aromatic nitrogens is 1. The Morgan fingerprint density at radius 2 is 2.29 bits per heavy atom. The molecule has 0 unspecified atom stereocenters. The number of nitrogens with zero attached hydrogens (tertiary/aromatic N) is 1. The molecular weight excluding hydrogens is 244 g/mol. The Labute approximate surface area is 103 Å². The van der Waals surface area contributed by atoms with Crippen LogP contribution in [0.3, 0.4) is 0 Å². The van der Waals surface area contributed by atoms with Crippen LogP contribution in [0.4, 0.5) is 0 Å². The second-order valence-corrected chi connectivity index (χ2v) is 3.43. The maximum atomic E-state index is 11.4. The summed E-state index contributed by atoms with van der Waals surface area (Å²) >= 11 is 5.56. The van der Waals surface area contributed by atoms with Crippen LogP contribution < -0.4 is 5.32 Å². The molecular formula is C11H11ClN2O3. The number of nitrogens with one attached hydrogen (secondary N) is 1. The standard InChI is InChI=1S/C11H11ClN2O3/c1-2-5-13-10(15)7-17-11(16)8-3-4-9(12)14-6-8/h2-4,6H,1,5,7H2,(H,13,15). The minimum Gasteiger partial charge on any atom is -0.452 e. The van der Waals surface area contributed by atoms with Gasteiger partial charge in [-0.15, -0.1) is 6.58 Å². The van der Waals surface area contributed by atoms with Gasteiger partial charge in [0.2, 0.25) is 0 Å². The van der Waals surface area contributed by atoms with E-state index in [1.54, 1.807) is 0 Å². The maximum absolute atomic E-state index is 11.4. The highest BCUT2D eigenvalue weighted by Crippen LogP contribution is 2.06. The highest BCUT2D eigenvalue weighted by atomic mass is 35.5. The molecule has 0 atom stereocenters. The smallest absolute Gasteiger partial charge is 0.340 e. The molecule has 0 aliphatic rings. The van der Waals surface area contributed by atoms with Crippen molar-refractivity contribution in [1.29, 1.82) is 0 Å².